The van der Waals surface area contributed by atoms with Gasteiger partial charge in [-0.15, -0.1) is 0 Å². The van der Waals surface area contributed by atoms with Crippen LogP contribution in [-0.4, -0.2) is 9.78 Å². The molecule has 0 atom stereocenters. The molecule has 0 unspecified atom stereocenters. The summed E-state index contributed by atoms with van der Waals surface area (Å²) in [5.74, 6) is 0. The first kappa shape index (κ1) is 15.2. The van der Waals surface area contributed by atoms with Gasteiger partial charge in [-0.1, -0.05) is 51.9 Å². The lowest BCUT2D eigenvalue weighted by Gasteiger charge is -2.05. The molecule has 0 radical (unpaired) electrons. The maximum absolute atomic E-state index is 5.64. The molecule has 0 fully saturated rings. The van der Waals surface area contributed by atoms with Gasteiger partial charge in [0.25, 0.3) is 0 Å². The van der Waals surface area contributed by atoms with Gasteiger partial charge in [-0.25, -0.2) is 0 Å². The van der Waals surface area contributed by atoms with Gasteiger partial charge in [0, 0.05) is 24.3 Å². The zero-order chi connectivity index (χ0) is 13.2. The SMILES string of the molecule is CCCCCCCCCCn1ncc(CN)c1C. The van der Waals surface area contributed by atoms with E-state index in [9.17, 15) is 0 Å². The minimum absolute atomic E-state index is 0.600. The van der Waals surface area contributed by atoms with Crippen molar-refractivity contribution in [2.75, 3.05) is 0 Å². The Kier molecular flexibility index (Phi) is 7.74. The average Bonchev–Trinajstić information content (AvgIpc) is 2.73. The van der Waals surface area contributed by atoms with Gasteiger partial charge in [-0.2, -0.15) is 5.10 Å². The molecule has 3 nitrogen and oxygen atoms in total. The summed E-state index contributed by atoms with van der Waals surface area (Å²) in [6, 6.07) is 0. The topological polar surface area (TPSA) is 43.8 Å². The lowest BCUT2D eigenvalue weighted by molar-refractivity contribution is 0.513. The van der Waals surface area contributed by atoms with Crippen molar-refractivity contribution < 1.29 is 0 Å². The fraction of sp³-hybridized carbons (Fsp3) is 0.800. The van der Waals surface area contributed by atoms with Crippen LogP contribution in [0, 0.1) is 6.92 Å². The highest BCUT2D eigenvalue weighted by atomic mass is 15.3. The summed E-state index contributed by atoms with van der Waals surface area (Å²) in [4.78, 5) is 0. The highest BCUT2D eigenvalue weighted by molar-refractivity contribution is 5.15. The van der Waals surface area contributed by atoms with Gasteiger partial charge in [0.2, 0.25) is 0 Å². The van der Waals surface area contributed by atoms with Crippen molar-refractivity contribution >= 4 is 0 Å². The Morgan fingerprint density at radius 2 is 1.67 bits per heavy atom. The van der Waals surface area contributed by atoms with E-state index < -0.39 is 0 Å². The number of nitrogens with zero attached hydrogens (tertiary/aromatic N) is 2. The molecular formula is C15H29N3. The van der Waals surface area contributed by atoms with Crippen LogP contribution in [0.4, 0.5) is 0 Å². The van der Waals surface area contributed by atoms with E-state index in [0.29, 0.717) is 6.54 Å². The van der Waals surface area contributed by atoms with Gasteiger partial charge in [0.1, 0.15) is 0 Å². The number of hydrogen-bond acceptors (Lipinski definition) is 2. The molecule has 1 aromatic rings. The minimum atomic E-state index is 0.600. The van der Waals surface area contributed by atoms with Crippen molar-refractivity contribution in [3.05, 3.63) is 17.5 Å². The Hall–Kier alpha value is -0.830. The second-order valence-corrected chi connectivity index (χ2v) is 5.16. The molecule has 0 aliphatic carbocycles. The quantitative estimate of drug-likeness (QED) is 0.643. The molecule has 104 valence electrons. The summed E-state index contributed by atoms with van der Waals surface area (Å²) in [7, 11) is 0. The largest absolute Gasteiger partial charge is 0.326 e. The summed E-state index contributed by atoms with van der Waals surface area (Å²) < 4.78 is 2.10. The van der Waals surface area contributed by atoms with E-state index in [0.717, 1.165) is 6.54 Å². The van der Waals surface area contributed by atoms with Crippen molar-refractivity contribution in [1.29, 1.82) is 0 Å². The number of hydrogen-bond donors (Lipinski definition) is 1. The van der Waals surface area contributed by atoms with Crippen molar-refractivity contribution in [2.24, 2.45) is 5.73 Å². The molecule has 0 aliphatic heterocycles. The number of nitrogens with two attached hydrogens (primary N) is 1. The fourth-order valence-corrected chi connectivity index (χ4v) is 2.31. The lowest BCUT2D eigenvalue weighted by Crippen LogP contribution is -2.04. The lowest BCUT2D eigenvalue weighted by atomic mass is 10.1. The third-order valence-corrected chi connectivity index (χ3v) is 3.65. The average molecular weight is 251 g/mol. The van der Waals surface area contributed by atoms with Gasteiger partial charge in [-0.3, -0.25) is 4.68 Å². The third-order valence-electron chi connectivity index (χ3n) is 3.65. The predicted molar refractivity (Wildman–Crippen MR) is 77.5 cm³/mol. The minimum Gasteiger partial charge on any atom is -0.326 e. The molecule has 1 heterocycles. The van der Waals surface area contributed by atoms with Gasteiger partial charge in [0.15, 0.2) is 0 Å². The molecule has 0 saturated carbocycles. The molecule has 3 heteroatoms. The van der Waals surface area contributed by atoms with Crippen LogP contribution < -0.4 is 5.73 Å². The predicted octanol–water partition coefficient (Wildman–Crippen LogP) is 3.79. The standard InChI is InChI=1S/C15H29N3/c1-3-4-5-6-7-8-9-10-11-18-14(2)15(12-16)13-17-18/h13H,3-12,16H2,1-2H3. The Labute approximate surface area is 112 Å². The van der Waals surface area contributed by atoms with Crippen molar-refractivity contribution in [1.82, 2.24) is 9.78 Å². The molecule has 18 heavy (non-hydrogen) atoms. The number of aromatic nitrogens is 2. The maximum atomic E-state index is 5.64. The number of aryl methyl sites for hydroxylation is 1. The van der Waals surface area contributed by atoms with Crippen molar-refractivity contribution in [3.8, 4) is 0 Å². The van der Waals surface area contributed by atoms with Crippen LogP contribution in [-0.2, 0) is 13.1 Å². The van der Waals surface area contributed by atoms with Crippen LogP contribution in [0.15, 0.2) is 6.20 Å². The van der Waals surface area contributed by atoms with Gasteiger partial charge < -0.3 is 5.73 Å². The van der Waals surface area contributed by atoms with Crippen molar-refractivity contribution in [3.63, 3.8) is 0 Å². The molecule has 1 rings (SSSR count). The van der Waals surface area contributed by atoms with E-state index in [1.165, 1.54) is 62.6 Å². The Morgan fingerprint density at radius 3 is 2.22 bits per heavy atom. The van der Waals surface area contributed by atoms with E-state index in [1.54, 1.807) is 0 Å². The van der Waals surface area contributed by atoms with Crippen LogP contribution in [0.3, 0.4) is 0 Å². The molecule has 1 aromatic heterocycles. The second kappa shape index (κ2) is 9.15. The van der Waals surface area contributed by atoms with Crippen LogP contribution in [0.2, 0.25) is 0 Å². The van der Waals surface area contributed by atoms with Crippen molar-refractivity contribution in [2.45, 2.75) is 78.3 Å². The van der Waals surface area contributed by atoms with Gasteiger partial charge >= 0.3 is 0 Å². The first-order chi connectivity index (χ1) is 8.79. The van der Waals surface area contributed by atoms with Gasteiger partial charge in [0.05, 0.1) is 6.20 Å². The van der Waals surface area contributed by atoms with Crippen LogP contribution in [0.25, 0.3) is 0 Å². The molecule has 0 aromatic carbocycles. The van der Waals surface area contributed by atoms with Crippen LogP contribution >= 0.6 is 0 Å². The molecule has 0 amide bonds. The first-order valence-corrected chi connectivity index (χ1v) is 7.51. The zero-order valence-corrected chi connectivity index (χ0v) is 12.1. The number of unbranched alkanes of at least 4 members (excludes halogenated alkanes) is 7. The molecule has 0 aliphatic rings. The zero-order valence-electron chi connectivity index (χ0n) is 12.1. The van der Waals surface area contributed by atoms with E-state index >= 15 is 0 Å². The summed E-state index contributed by atoms with van der Waals surface area (Å²) in [5.41, 5.74) is 8.06. The smallest absolute Gasteiger partial charge is 0.0537 e. The second-order valence-electron chi connectivity index (χ2n) is 5.16. The highest BCUT2D eigenvalue weighted by Crippen LogP contribution is 2.11. The van der Waals surface area contributed by atoms with E-state index in [4.69, 9.17) is 5.73 Å². The fourth-order valence-electron chi connectivity index (χ4n) is 2.31. The van der Waals surface area contributed by atoms with Crippen LogP contribution in [0.5, 0.6) is 0 Å². The molecule has 0 saturated heterocycles. The first-order valence-electron chi connectivity index (χ1n) is 7.51. The van der Waals surface area contributed by atoms with E-state index in [1.807, 2.05) is 6.20 Å². The summed E-state index contributed by atoms with van der Waals surface area (Å²) in [6.45, 7) is 6.02. The summed E-state index contributed by atoms with van der Waals surface area (Å²) >= 11 is 0. The van der Waals surface area contributed by atoms with E-state index in [-0.39, 0.29) is 0 Å². The maximum Gasteiger partial charge on any atom is 0.0537 e. The monoisotopic (exact) mass is 251 g/mol. The summed E-state index contributed by atoms with van der Waals surface area (Å²) in [6.07, 6.45) is 12.8. The third kappa shape index (κ3) is 5.21. The normalized spacial score (nSPS) is 11.1. The highest BCUT2D eigenvalue weighted by Gasteiger charge is 2.03. The Balaban J connectivity index is 2.05. The van der Waals surface area contributed by atoms with Gasteiger partial charge in [-0.05, 0) is 13.3 Å². The van der Waals surface area contributed by atoms with Crippen LogP contribution in [0.1, 0.15) is 69.5 Å². The molecule has 2 N–H and O–H groups in total. The van der Waals surface area contributed by atoms with E-state index in [2.05, 4.69) is 23.6 Å². The Morgan fingerprint density at radius 1 is 1.06 bits per heavy atom. The Bertz CT molecular complexity index is 318. The summed E-state index contributed by atoms with van der Waals surface area (Å²) in [5, 5.41) is 4.38. The molecular weight excluding hydrogens is 222 g/mol. The molecule has 0 bridgehead atoms. The number of rotatable bonds is 10. The molecule has 0 spiro atoms.